The van der Waals surface area contributed by atoms with Gasteiger partial charge in [0.15, 0.2) is 11.2 Å². The smallest absolute Gasteiger partial charge is 0.416 e. The van der Waals surface area contributed by atoms with Crippen LogP contribution in [-0.2, 0) is 39.7 Å². The lowest BCUT2D eigenvalue weighted by molar-refractivity contribution is -0.170. The van der Waals surface area contributed by atoms with Crippen molar-refractivity contribution in [1.29, 1.82) is 0 Å². The number of carboxylic acids is 6. The van der Waals surface area contributed by atoms with Gasteiger partial charge in [-0.1, -0.05) is 12.1 Å². The lowest BCUT2D eigenvalue weighted by atomic mass is 9.96. The molecule has 2 aliphatic heterocycles. The number of carboxylic acid groups (broad SMARTS) is 6. The molecule has 4 rings (SSSR count). The Balaban J connectivity index is 0.000000326. The van der Waals surface area contributed by atoms with Crippen LogP contribution in [0.1, 0.15) is 68.1 Å². The maximum atomic E-state index is 12.8. The number of likely N-dealkylation sites (tertiary alicyclic amines) is 1. The Hall–Kier alpha value is -5.74. The minimum absolute atomic E-state index is 0.102. The predicted molar refractivity (Wildman–Crippen MR) is 171 cm³/mol. The van der Waals surface area contributed by atoms with Crippen molar-refractivity contribution in [1.82, 2.24) is 20.2 Å². The number of aliphatic hydroxyl groups is 2. The second kappa shape index (κ2) is 17.4. The van der Waals surface area contributed by atoms with Gasteiger partial charge in [-0.3, -0.25) is 29.3 Å². The number of hydrogen-bond donors (Lipinski definition) is 9. The third kappa shape index (κ3) is 11.9. The molecule has 1 aromatic carbocycles. The van der Waals surface area contributed by atoms with E-state index in [9.17, 15) is 46.7 Å². The van der Waals surface area contributed by atoms with Gasteiger partial charge in [0.25, 0.3) is 0 Å². The van der Waals surface area contributed by atoms with Crippen molar-refractivity contribution in [2.24, 2.45) is 0 Å². The summed E-state index contributed by atoms with van der Waals surface area (Å²) in [5.41, 5.74) is -4.79. The molecule has 2 fully saturated rings. The Bertz CT molecular complexity index is 1690. The minimum Gasteiger partial charge on any atom is -0.481 e. The molecule has 0 bridgehead atoms. The minimum atomic E-state index is -4.37. The van der Waals surface area contributed by atoms with Gasteiger partial charge in [0.05, 0.1) is 43.0 Å². The molecule has 9 N–H and O–H groups in total. The van der Waals surface area contributed by atoms with Crippen LogP contribution in [0.4, 0.5) is 13.2 Å². The average Bonchev–Trinajstić information content (AvgIpc) is 3.58. The van der Waals surface area contributed by atoms with Gasteiger partial charge in [0.2, 0.25) is 5.91 Å². The van der Waals surface area contributed by atoms with E-state index in [0.717, 1.165) is 43.6 Å². The van der Waals surface area contributed by atoms with Gasteiger partial charge in [-0.15, -0.1) is 0 Å². The van der Waals surface area contributed by atoms with Gasteiger partial charge in [-0.05, 0) is 44.4 Å². The molecule has 54 heavy (non-hydrogen) atoms. The molecule has 296 valence electrons. The first-order valence-electron chi connectivity index (χ1n) is 15.6. The van der Waals surface area contributed by atoms with Crippen molar-refractivity contribution < 1.29 is 87.6 Å². The number of hydrogen-bond acceptors (Lipinski definition) is 12. The fourth-order valence-corrected chi connectivity index (χ4v) is 5.51. The van der Waals surface area contributed by atoms with E-state index >= 15 is 0 Å². The van der Waals surface area contributed by atoms with Crippen LogP contribution in [0.3, 0.4) is 0 Å². The third-order valence-electron chi connectivity index (χ3n) is 8.20. The second-order valence-electron chi connectivity index (χ2n) is 12.6. The molecule has 2 aliphatic rings. The first kappa shape index (κ1) is 44.4. The van der Waals surface area contributed by atoms with Crippen LogP contribution in [0.15, 0.2) is 30.3 Å². The Labute approximate surface area is 302 Å². The van der Waals surface area contributed by atoms with Crippen molar-refractivity contribution in [2.45, 2.75) is 80.8 Å². The Morgan fingerprint density at radius 3 is 1.59 bits per heavy atom. The SMILES string of the molecule is Cc1cc(-c2ccc(C(F)(F)F)cc2)nc([C@H]2CC[C@@]3(CCN(C)C3=O)N2)n1.O=C(O)CC(O)(CC(=O)O)C(=O)O.O=C(O)CC(O)(CC(=O)O)C(=O)O. The quantitative estimate of drug-likeness (QED) is 0.145. The Morgan fingerprint density at radius 2 is 1.24 bits per heavy atom. The Kier molecular flexibility index (Phi) is 14.3. The number of amides is 1. The van der Waals surface area contributed by atoms with E-state index in [2.05, 4.69) is 15.3 Å². The van der Waals surface area contributed by atoms with Crippen LogP contribution in [0, 0.1) is 6.92 Å². The number of aliphatic carboxylic acids is 6. The summed E-state index contributed by atoms with van der Waals surface area (Å²) >= 11 is 0. The number of aryl methyl sites for hydroxylation is 1. The van der Waals surface area contributed by atoms with E-state index in [1.54, 1.807) is 18.0 Å². The molecule has 22 heteroatoms. The zero-order valence-corrected chi connectivity index (χ0v) is 28.5. The van der Waals surface area contributed by atoms with Gasteiger partial charge in [-0.25, -0.2) is 19.6 Å². The van der Waals surface area contributed by atoms with Gasteiger partial charge < -0.3 is 45.8 Å². The number of nitrogens with one attached hydrogen (secondary N) is 1. The normalized spacial score (nSPS) is 18.2. The molecule has 0 unspecified atom stereocenters. The first-order chi connectivity index (χ1) is 24.7. The summed E-state index contributed by atoms with van der Waals surface area (Å²) < 4.78 is 38.4. The average molecular weight is 775 g/mol. The molecule has 1 aromatic heterocycles. The Morgan fingerprint density at radius 1 is 0.796 bits per heavy atom. The molecule has 0 radical (unpaired) electrons. The third-order valence-corrected chi connectivity index (χ3v) is 8.20. The summed E-state index contributed by atoms with van der Waals surface area (Å²) in [6.07, 6.45) is -6.71. The van der Waals surface area contributed by atoms with Crippen LogP contribution < -0.4 is 5.32 Å². The summed E-state index contributed by atoms with van der Waals surface area (Å²) in [7, 11) is 1.80. The van der Waals surface area contributed by atoms with Crippen molar-refractivity contribution in [3.63, 3.8) is 0 Å². The zero-order chi connectivity index (χ0) is 41.4. The molecular weight excluding hydrogens is 737 g/mol. The number of halogens is 3. The number of benzene rings is 1. The van der Waals surface area contributed by atoms with Crippen LogP contribution >= 0.6 is 0 Å². The van der Waals surface area contributed by atoms with Crippen LogP contribution in [0.5, 0.6) is 0 Å². The number of carbonyl (C=O) groups excluding carboxylic acids is 1. The van der Waals surface area contributed by atoms with Gasteiger partial charge in [0, 0.05) is 24.8 Å². The van der Waals surface area contributed by atoms with E-state index in [-0.39, 0.29) is 11.9 Å². The lowest BCUT2D eigenvalue weighted by Crippen LogP contribution is -2.47. The number of carbonyl (C=O) groups is 7. The first-order valence-corrected chi connectivity index (χ1v) is 15.6. The molecule has 19 nitrogen and oxygen atoms in total. The monoisotopic (exact) mass is 774 g/mol. The van der Waals surface area contributed by atoms with Crippen molar-refractivity contribution in [2.75, 3.05) is 13.6 Å². The van der Waals surface area contributed by atoms with E-state index in [1.807, 2.05) is 6.92 Å². The van der Waals surface area contributed by atoms with E-state index in [0.29, 0.717) is 17.1 Å². The van der Waals surface area contributed by atoms with Crippen LogP contribution in [0.2, 0.25) is 0 Å². The maximum absolute atomic E-state index is 12.8. The van der Waals surface area contributed by atoms with E-state index < -0.39 is 90.0 Å². The number of aromatic nitrogens is 2. The summed E-state index contributed by atoms with van der Waals surface area (Å²) in [5, 5.41) is 71.1. The number of nitrogens with zero attached hydrogens (tertiary/aromatic N) is 3. The van der Waals surface area contributed by atoms with Crippen molar-refractivity contribution >= 4 is 41.7 Å². The fourth-order valence-electron chi connectivity index (χ4n) is 5.51. The van der Waals surface area contributed by atoms with Gasteiger partial charge >= 0.3 is 42.0 Å². The van der Waals surface area contributed by atoms with Gasteiger partial charge in [-0.2, -0.15) is 13.2 Å². The highest BCUT2D eigenvalue weighted by Gasteiger charge is 2.50. The van der Waals surface area contributed by atoms with Crippen LogP contribution in [-0.4, -0.2) is 128 Å². The summed E-state index contributed by atoms with van der Waals surface area (Å²) in [6, 6.07) is 6.57. The molecule has 2 aromatic rings. The predicted octanol–water partition coefficient (Wildman–Crippen LogP) is 0.999. The largest absolute Gasteiger partial charge is 0.481 e. The topological polar surface area (TPSA) is 322 Å². The fraction of sp³-hybridized carbons (Fsp3) is 0.469. The number of alkyl halides is 3. The van der Waals surface area contributed by atoms with Crippen molar-refractivity contribution in [3.05, 3.63) is 47.4 Å². The summed E-state index contributed by atoms with van der Waals surface area (Å²) in [5.74, 6) is -9.36. The standard InChI is InChI=1S/C20H21F3N4O.2C6H8O7/c1-12-11-16(13-3-5-14(6-4-13)20(21,22)23)25-17(24-12)15-7-8-19(26-15)9-10-27(2)18(19)28;2*7-3(8)1-6(13,5(11)12)2-4(9)10/h3-6,11,15,26H,7-10H2,1-2H3;2*13H,1-2H2,(H,7,8)(H,9,10)(H,11,12)/t15-,19+;;/m1../s1. The molecule has 1 amide bonds. The molecule has 3 heterocycles. The molecule has 0 saturated carbocycles. The van der Waals surface area contributed by atoms with Crippen molar-refractivity contribution in [3.8, 4) is 11.3 Å². The van der Waals surface area contributed by atoms with E-state index in [1.165, 1.54) is 12.1 Å². The molecular formula is C32H37F3N4O15. The highest BCUT2D eigenvalue weighted by Crippen LogP contribution is 2.39. The number of rotatable bonds is 12. The molecule has 2 atom stereocenters. The maximum Gasteiger partial charge on any atom is 0.416 e. The zero-order valence-electron chi connectivity index (χ0n) is 28.5. The summed E-state index contributed by atoms with van der Waals surface area (Å²) in [4.78, 5) is 84.3. The van der Waals surface area contributed by atoms with E-state index in [4.69, 9.17) is 40.9 Å². The molecule has 0 aliphatic carbocycles. The van der Waals surface area contributed by atoms with Gasteiger partial charge in [0.1, 0.15) is 11.4 Å². The second-order valence-corrected chi connectivity index (χ2v) is 12.6. The lowest BCUT2D eigenvalue weighted by Gasteiger charge is -2.23. The highest BCUT2D eigenvalue weighted by atomic mass is 19.4. The highest BCUT2D eigenvalue weighted by molar-refractivity contribution is 5.89. The summed E-state index contributed by atoms with van der Waals surface area (Å²) in [6.45, 7) is 2.56. The number of likely N-dealkylation sites (N-methyl/N-ethyl adjacent to an activating group) is 1. The molecule has 1 spiro atoms. The molecule has 2 saturated heterocycles. The van der Waals surface area contributed by atoms with Crippen LogP contribution in [0.25, 0.3) is 11.3 Å².